The number of esters is 1. The Kier molecular flexibility index (Phi) is 6.99. The fourth-order valence-electron chi connectivity index (χ4n) is 3.04. The first kappa shape index (κ1) is 17.9. The number of carbonyl (C=O) groups excluding carboxylic acids is 1. The van der Waals surface area contributed by atoms with Crippen molar-refractivity contribution in [1.82, 2.24) is 5.01 Å². The highest BCUT2D eigenvalue weighted by molar-refractivity contribution is 7.80. The molecule has 0 atom stereocenters. The predicted molar refractivity (Wildman–Crippen MR) is 95.8 cm³/mol. The number of carbonyl (C=O) groups is 1. The lowest BCUT2D eigenvalue weighted by atomic mass is 9.84. The highest BCUT2D eigenvalue weighted by atomic mass is 32.1. The van der Waals surface area contributed by atoms with Crippen LogP contribution in [0.5, 0.6) is 0 Å². The minimum Gasteiger partial charge on any atom is -0.465 e. The van der Waals surface area contributed by atoms with Crippen LogP contribution in [0.3, 0.4) is 0 Å². The van der Waals surface area contributed by atoms with Gasteiger partial charge in [-0.1, -0.05) is 55.7 Å². The lowest BCUT2D eigenvalue weighted by Crippen LogP contribution is -2.36. The maximum atomic E-state index is 10.7. The molecule has 2 N–H and O–H groups in total. The van der Waals surface area contributed by atoms with Gasteiger partial charge in [0.15, 0.2) is 0 Å². The molecule has 2 rings (SSSR count). The first-order chi connectivity index (χ1) is 11.1. The first-order valence-corrected chi connectivity index (χ1v) is 8.74. The molecule has 1 fully saturated rings. The normalized spacial score (nSPS) is 15.2. The highest BCUT2D eigenvalue weighted by Gasteiger charge is 2.15. The standard InChI is InChI=1S/C18H26N2O2S/c1-14(21)22-12-11-18(23)20(19)13-15-7-9-17(10-8-15)16-5-3-2-4-6-16/h7-10,16H,2-6,11-13,19H2,1H3. The van der Waals surface area contributed by atoms with Crippen LogP contribution in [-0.2, 0) is 16.1 Å². The molecule has 1 aromatic rings. The SMILES string of the molecule is CC(=O)OCCC(=S)N(N)Cc1ccc(C2CCCCC2)cc1. The zero-order valence-corrected chi connectivity index (χ0v) is 14.6. The summed E-state index contributed by atoms with van der Waals surface area (Å²) in [5.74, 6) is 6.42. The zero-order chi connectivity index (χ0) is 16.7. The van der Waals surface area contributed by atoms with E-state index in [0.29, 0.717) is 18.0 Å². The number of ether oxygens (including phenoxy) is 1. The molecule has 0 aromatic heterocycles. The van der Waals surface area contributed by atoms with E-state index in [1.807, 2.05) is 0 Å². The van der Waals surface area contributed by atoms with Gasteiger partial charge in [-0.15, -0.1) is 0 Å². The van der Waals surface area contributed by atoms with Crippen LogP contribution in [0.15, 0.2) is 24.3 Å². The van der Waals surface area contributed by atoms with Gasteiger partial charge in [0.25, 0.3) is 0 Å². The van der Waals surface area contributed by atoms with E-state index < -0.39 is 0 Å². The molecule has 0 amide bonds. The minimum absolute atomic E-state index is 0.280. The molecule has 0 spiro atoms. The minimum atomic E-state index is -0.297. The van der Waals surface area contributed by atoms with Gasteiger partial charge in [-0.3, -0.25) is 4.79 Å². The lowest BCUT2D eigenvalue weighted by Gasteiger charge is -2.23. The monoisotopic (exact) mass is 334 g/mol. The number of hydrogen-bond acceptors (Lipinski definition) is 4. The average molecular weight is 334 g/mol. The van der Waals surface area contributed by atoms with E-state index in [2.05, 4.69) is 24.3 Å². The third kappa shape index (κ3) is 5.92. The van der Waals surface area contributed by atoms with E-state index in [9.17, 15) is 4.79 Å². The van der Waals surface area contributed by atoms with Crippen molar-refractivity contribution in [2.45, 2.75) is 57.9 Å². The molecule has 1 saturated carbocycles. The Balaban J connectivity index is 1.82. The van der Waals surface area contributed by atoms with Crippen LogP contribution in [0.1, 0.15) is 62.5 Å². The van der Waals surface area contributed by atoms with E-state index in [1.165, 1.54) is 44.6 Å². The average Bonchev–Trinajstić information content (AvgIpc) is 2.56. The molecule has 5 heteroatoms. The third-order valence-electron chi connectivity index (χ3n) is 4.35. The van der Waals surface area contributed by atoms with Crippen LogP contribution in [0.4, 0.5) is 0 Å². The molecule has 0 radical (unpaired) electrons. The van der Waals surface area contributed by atoms with E-state index in [1.54, 1.807) is 5.01 Å². The molecule has 1 aliphatic rings. The van der Waals surface area contributed by atoms with Gasteiger partial charge >= 0.3 is 5.97 Å². The van der Waals surface area contributed by atoms with Crippen molar-refractivity contribution in [3.8, 4) is 0 Å². The fourth-order valence-corrected chi connectivity index (χ4v) is 3.19. The summed E-state index contributed by atoms with van der Waals surface area (Å²) in [6.45, 7) is 2.24. The lowest BCUT2D eigenvalue weighted by molar-refractivity contribution is -0.140. The molecule has 23 heavy (non-hydrogen) atoms. The smallest absolute Gasteiger partial charge is 0.302 e. The summed E-state index contributed by atoms with van der Waals surface area (Å²) in [5, 5.41) is 1.55. The Bertz CT molecular complexity index is 524. The largest absolute Gasteiger partial charge is 0.465 e. The summed E-state index contributed by atoms with van der Waals surface area (Å²) in [7, 11) is 0. The topological polar surface area (TPSA) is 55.6 Å². The maximum Gasteiger partial charge on any atom is 0.302 e. The first-order valence-electron chi connectivity index (χ1n) is 8.33. The van der Waals surface area contributed by atoms with Gasteiger partial charge < -0.3 is 9.75 Å². The van der Waals surface area contributed by atoms with Crippen LogP contribution < -0.4 is 5.84 Å². The molecule has 126 valence electrons. The number of nitrogens with two attached hydrogens (primary N) is 1. The molecular formula is C18H26N2O2S. The van der Waals surface area contributed by atoms with E-state index in [0.717, 1.165) is 11.5 Å². The molecule has 0 bridgehead atoms. The van der Waals surface area contributed by atoms with Crippen molar-refractivity contribution >= 4 is 23.2 Å². The van der Waals surface area contributed by atoms with Crippen LogP contribution in [0.2, 0.25) is 0 Å². The van der Waals surface area contributed by atoms with Crippen LogP contribution in [0, 0.1) is 0 Å². The Hall–Kier alpha value is -1.46. The molecule has 1 aromatic carbocycles. The number of benzene rings is 1. The van der Waals surface area contributed by atoms with Gasteiger partial charge in [-0.2, -0.15) is 0 Å². The predicted octanol–water partition coefficient (Wildman–Crippen LogP) is 3.69. The van der Waals surface area contributed by atoms with Gasteiger partial charge in [0.05, 0.1) is 18.1 Å². The maximum absolute atomic E-state index is 10.7. The van der Waals surface area contributed by atoms with Gasteiger partial charge in [-0.05, 0) is 29.9 Å². The third-order valence-corrected chi connectivity index (χ3v) is 4.79. The molecule has 0 unspecified atom stereocenters. The number of rotatable bonds is 6. The number of nitrogens with zero attached hydrogens (tertiary/aromatic N) is 1. The van der Waals surface area contributed by atoms with Crippen LogP contribution in [-0.4, -0.2) is 22.6 Å². The summed E-state index contributed by atoms with van der Waals surface area (Å²) in [6.07, 6.45) is 7.16. The summed E-state index contributed by atoms with van der Waals surface area (Å²) in [6, 6.07) is 8.72. The Morgan fingerprint density at radius 2 is 1.91 bits per heavy atom. The molecular weight excluding hydrogens is 308 g/mol. The number of hydrogen-bond donors (Lipinski definition) is 1. The summed E-state index contributed by atoms with van der Waals surface area (Å²) in [4.78, 5) is 11.3. The van der Waals surface area contributed by atoms with E-state index in [-0.39, 0.29) is 12.6 Å². The van der Waals surface area contributed by atoms with Crippen molar-refractivity contribution in [1.29, 1.82) is 0 Å². The van der Waals surface area contributed by atoms with Crippen molar-refractivity contribution in [2.75, 3.05) is 6.61 Å². The van der Waals surface area contributed by atoms with Gasteiger partial charge in [0.1, 0.15) is 0 Å². The van der Waals surface area contributed by atoms with Gasteiger partial charge in [0.2, 0.25) is 0 Å². The molecule has 0 saturated heterocycles. The van der Waals surface area contributed by atoms with Crippen molar-refractivity contribution in [3.63, 3.8) is 0 Å². The molecule has 0 aliphatic heterocycles. The van der Waals surface area contributed by atoms with E-state index >= 15 is 0 Å². The fraction of sp³-hybridized carbons (Fsp3) is 0.556. The van der Waals surface area contributed by atoms with Crippen molar-refractivity contribution in [2.24, 2.45) is 5.84 Å². The zero-order valence-electron chi connectivity index (χ0n) is 13.8. The van der Waals surface area contributed by atoms with Crippen LogP contribution >= 0.6 is 12.2 Å². The van der Waals surface area contributed by atoms with E-state index in [4.69, 9.17) is 22.8 Å². The summed E-state index contributed by atoms with van der Waals surface area (Å²) >= 11 is 5.27. The second-order valence-corrected chi connectivity index (χ2v) is 6.66. The molecule has 1 aliphatic carbocycles. The Morgan fingerprint density at radius 3 is 2.52 bits per heavy atom. The van der Waals surface area contributed by atoms with Gasteiger partial charge in [0, 0.05) is 13.3 Å². The van der Waals surface area contributed by atoms with Crippen LogP contribution in [0.25, 0.3) is 0 Å². The second-order valence-electron chi connectivity index (χ2n) is 6.19. The molecule has 0 heterocycles. The summed E-state index contributed by atoms with van der Waals surface area (Å²) < 4.78 is 4.89. The highest BCUT2D eigenvalue weighted by Crippen LogP contribution is 2.32. The number of hydrazine groups is 1. The van der Waals surface area contributed by atoms with Gasteiger partial charge in [-0.25, -0.2) is 5.84 Å². The Morgan fingerprint density at radius 1 is 1.26 bits per heavy atom. The quantitative estimate of drug-likeness (QED) is 0.372. The molecule has 4 nitrogen and oxygen atoms in total. The summed E-state index contributed by atoms with van der Waals surface area (Å²) in [5.41, 5.74) is 2.58. The Labute approximate surface area is 144 Å². The van der Waals surface area contributed by atoms with Crippen molar-refractivity contribution in [3.05, 3.63) is 35.4 Å². The number of thiocarbonyl (C=S) groups is 1. The second kappa shape index (κ2) is 8.99. The van der Waals surface area contributed by atoms with Crippen molar-refractivity contribution < 1.29 is 9.53 Å².